The van der Waals surface area contributed by atoms with Crippen molar-refractivity contribution in [2.45, 2.75) is 64.6 Å². The van der Waals surface area contributed by atoms with Crippen LogP contribution in [-0.4, -0.2) is 53.3 Å². The van der Waals surface area contributed by atoms with Crippen molar-refractivity contribution in [2.75, 3.05) is 19.6 Å². The lowest BCUT2D eigenvalue weighted by Crippen LogP contribution is -2.61. The molecule has 3 atom stereocenters. The van der Waals surface area contributed by atoms with Crippen LogP contribution in [0.1, 0.15) is 46.5 Å². The van der Waals surface area contributed by atoms with Gasteiger partial charge in [0.05, 0.1) is 6.04 Å². The van der Waals surface area contributed by atoms with Crippen molar-refractivity contribution in [1.82, 2.24) is 9.80 Å². The highest BCUT2D eigenvalue weighted by molar-refractivity contribution is 5.83. The van der Waals surface area contributed by atoms with E-state index < -0.39 is 0 Å². The van der Waals surface area contributed by atoms with Gasteiger partial charge in [-0.1, -0.05) is 13.3 Å². The number of fused-ring (bicyclic) bond motifs is 1. The van der Waals surface area contributed by atoms with E-state index in [4.69, 9.17) is 0 Å². The Hall–Kier alpha value is -0.410. The number of hydrogen-bond acceptors (Lipinski definition) is 3. The molecule has 0 bridgehead atoms. The first-order chi connectivity index (χ1) is 8.13. The molecule has 0 spiro atoms. The van der Waals surface area contributed by atoms with Gasteiger partial charge in [0.1, 0.15) is 5.78 Å². The average molecular weight is 238 g/mol. The molecular formula is C14H26N2O. The normalized spacial score (nSPS) is 33.1. The molecule has 3 unspecified atom stereocenters. The lowest BCUT2D eigenvalue weighted by molar-refractivity contribution is -0.126. The molecule has 0 N–H and O–H groups in total. The van der Waals surface area contributed by atoms with E-state index in [2.05, 4.69) is 23.6 Å². The summed E-state index contributed by atoms with van der Waals surface area (Å²) >= 11 is 0. The van der Waals surface area contributed by atoms with Crippen LogP contribution in [0.5, 0.6) is 0 Å². The molecule has 0 radical (unpaired) electrons. The van der Waals surface area contributed by atoms with Crippen molar-refractivity contribution in [3.63, 3.8) is 0 Å². The van der Waals surface area contributed by atoms with Crippen LogP contribution in [-0.2, 0) is 4.79 Å². The lowest BCUT2D eigenvalue weighted by Gasteiger charge is -2.49. The highest BCUT2D eigenvalue weighted by Gasteiger charge is 2.36. The van der Waals surface area contributed by atoms with Crippen LogP contribution in [0.15, 0.2) is 0 Å². The van der Waals surface area contributed by atoms with Crippen LogP contribution in [0, 0.1) is 0 Å². The molecule has 3 nitrogen and oxygen atoms in total. The van der Waals surface area contributed by atoms with Crippen LogP contribution in [0.25, 0.3) is 0 Å². The number of piperazine rings is 1. The number of nitrogens with zero attached hydrogens (tertiary/aromatic N) is 2. The molecule has 0 aliphatic carbocycles. The highest BCUT2D eigenvalue weighted by Crippen LogP contribution is 2.25. The topological polar surface area (TPSA) is 23.6 Å². The molecular weight excluding hydrogens is 212 g/mol. The van der Waals surface area contributed by atoms with Crippen molar-refractivity contribution in [2.24, 2.45) is 0 Å². The maximum absolute atomic E-state index is 11.9. The Morgan fingerprint density at radius 1 is 1.35 bits per heavy atom. The van der Waals surface area contributed by atoms with E-state index in [-0.39, 0.29) is 6.04 Å². The zero-order valence-corrected chi connectivity index (χ0v) is 11.5. The van der Waals surface area contributed by atoms with Crippen molar-refractivity contribution >= 4 is 5.78 Å². The van der Waals surface area contributed by atoms with Crippen LogP contribution >= 0.6 is 0 Å². The molecule has 98 valence electrons. The van der Waals surface area contributed by atoms with E-state index in [0.29, 0.717) is 24.3 Å². The Morgan fingerprint density at radius 3 is 2.82 bits per heavy atom. The van der Waals surface area contributed by atoms with Crippen molar-refractivity contribution in [1.29, 1.82) is 0 Å². The van der Waals surface area contributed by atoms with Gasteiger partial charge >= 0.3 is 0 Å². The van der Waals surface area contributed by atoms with Gasteiger partial charge in [0.15, 0.2) is 0 Å². The molecule has 3 heteroatoms. The zero-order valence-electron chi connectivity index (χ0n) is 11.5. The van der Waals surface area contributed by atoms with Crippen LogP contribution in [0.4, 0.5) is 0 Å². The number of carbonyl (C=O) groups excluding carboxylic acids is 1. The van der Waals surface area contributed by atoms with E-state index >= 15 is 0 Å². The SMILES string of the molecule is CCC(=O)C(C)N1CC2CCCCN2CC1C. The van der Waals surface area contributed by atoms with Gasteiger partial charge in [0.25, 0.3) is 0 Å². The molecule has 2 saturated heterocycles. The standard InChI is InChI=1S/C14H26N2O/c1-4-14(17)12(3)16-10-13-7-5-6-8-15(13)9-11(16)2/h11-13H,4-10H2,1-3H3. The summed E-state index contributed by atoms with van der Waals surface area (Å²) in [5.74, 6) is 0.390. The monoisotopic (exact) mass is 238 g/mol. The maximum Gasteiger partial charge on any atom is 0.149 e. The van der Waals surface area contributed by atoms with E-state index in [1.807, 2.05) is 6.92 Å². The summed E-state index contributed by atoms with van der Waals surface area (Å²) in [5.41, 5.74) is 0. The number of hydrogen-bond donors (Lipinski definition) is 0. The Kier molecular flexibility index (Phi) is 4.21. The predicted octanol–water partition coefficient (Wildman–Crippen LogP) is 1.91. The highest BCUT2D eigenvalue weighted by atomic mass is 16.1. The van der Waals surface area contributed by atoms with Gasteiger partial charge in [-0.2, -0.15) is 0 Å². The summed E-state index contributed by atoms with van der Waals surface area (Å²) < 4.78 is 0. The average Bonchev–Trinajstić information content (AvgIpc) is 2.36. The minimum Gasteiger partial charge on any atom is -0.298 e. The summed E-state index contributed by atoms with van der Waals surface area (Å²) in [7, 11) is 0. The molecule has 2 aliphatic heterocycles. The molecule has 0 amide bonds. The van der Waals surface area contributed by atoms with E-state index in [1.54, 1.807) is 0 Å². The van der Waals surface area contributed by atoms with Gasteiger partial charge in [-0.05, 0) is 33.2 Å². The molecule has 0 saturated carbocycles. The summed E-state index contributed by atoms with van der Waals surface area (Å²) in [5, 5.41) is 0. The third-order valence-electron chi connectivity index (χ3n) is 4.55. The smallest absolute Gasteiger partial charge is 0.149 e. The number of carbonyl (C=O) groups is 1. The van der Waals surface area contributed by atoms with E-state index in [9.17, 15) is 4.79 Å². The third-order valence-corrected chi connectivity index (χ3v) is 4.55. The number of Topliss-reactive ketones (excluding diaryl/α,β-unsaturated/α-hetero) is 1. The van der Waals surface area contributed by atoms with E-state index in [0.717, 1.165) is 13.1 Å². The molecule has 2 aliphatic rings. The molecule has 2 fully saturated rings. The van der Waals surface area contributed by atoms with Gasteiger partial charge < -0.3 is 0 Å². The Balaban J connectivity index is 2.01. The predicted molar refractivity (Wildman–Crippen MR) is 70.1 cm³/mol. The number of rotatable bonds is 3. The van der Waals surface area contributed by atoms with Crippen LogP contribution in [0.3, 0.4) is 0 Å². The second-order valence-corrected chi connectivity index (χ2v) is 5.69. The summed E-state index contributed by atoms with van der Waals surface area (Å²) in [4.78, 5) is 16.9. The second kappa shape index (κ2) is 5.49. The largest absolute Gasteiger partial charge is 0.298 e. The van der Waals surface area contributed by atoms with Crippen molar-refractivity contribution < 1.29 is 4.79 Å². The first kappa shape index (κ1) is 13.0. The minimum atomic E-state index is 0.110. The van der Waals surface area contributed by atoms with E-state index in [1.165, 1.54) is 25.8 Å². The van der Waals surface area contributed by atoms with Crippen LogP contribution in [0.2, 0.25) is 0 Å². The summed E-state index contributed by atoms with van der Waals surface area (Å²) in [6, 6.07) is 1.33. The van der Waals surface area contributed by atoms with Gasteiger partial charge in [0, 0.05) is 31.6 Å². The maximum atomic E-state index is 11.9. The van der Waals surface area contributed by atoms with Crippen molar-refractivity contribution in [3.8, 4) is 0 Å². The molecule has 2 rings (SSSR count). The fraction of sp³-hybridized carbons (Fsp3) is 0.929. The molecule has 0 aromatic rings. The minimum absolute atomic E-state index is 0.110. The first-order valence-electron chi connectivity index (χ1n) is 7.16. The van der Waals surface area contributed by atoms with Crippen molar-refractivity contribution in [3.05, 3.63) is 0 Å². The molecule has 0 aromatic heterocycles. The second-order valence-electron chi connectivity index (χ2n) is 5.69. The fourth-order valence-corrected chi connectivity index (χ4v) is 3.39. The molecule has 17 heavy (non-hydrogen) atoms. The summed E-state index contributed by atoms with van der Waals surface area (Å²) in [6.07, 6.45) is 4.70. The third kappa shape index (κ3) is 2.71. The number of piperidine rings is 1. The molecule has 0 aromatic carbocycles. The fourth-order valence-electron chi connectivity index (χ4n) is 3.39. The van der Waals surface area contributed by atoms with Gasteiger partial charge in [-0.25, -0.2) is 0 Å². The molecule has 2 heterocycles. The van der Waals surface area contributed by atoms with Gasteiger partial charge in [0.2, 0.25) is 0 Å². The zero-order chi connectivity index (χ0) is 12.4. The Bertz CT molecular complexity index is 279. The first-order valence-corrected chi connectivity index (χ1v) is 7.16. The number of ketones is 1. The Labute approximate surface area is 105 Å². The van der Waals surface area contributed by atoms with Gasteiger partial charge in [-0.3, -0.25) is 14.6 Å². The van der Waals surface area contributed by atoms with Crippen LogP contribution < -0.4 is 0 Å². The van der Waals surface area contributed by atoms with Gasteiger partial charge in [-0.15, -0.1) is 0 Å². The lowest BCUT2D eigenvalue weighted by atomic mass is 9.95. The summed E-state index contributed by atoms with van der Waals surface area (Å²) in [6.45, 7) is 9.82. The Morgan fingerprint density at radius 2 is 2.12 bits per heavy atom. The quantitative estimate of drug-likeness (QED) is 0.750.